The molecule has 0 bridgehead atoms. The Bertz CT molecular complexity index is 969. The van der Waals surface area contributed by atoms with E-state index in [2.05, 4.69) is 16.0 Å². The van der Waals surface area contributed by atoms with Gasteiger partial charge in [-0.1, -0.05) is 12.1 Å². The summed E-state index contributed by atoms with van der Waals surface area (Å²) < 4.78 is 38.6. The monoisotopic (exact) mass is 460 g/mol. The Balaban J connectivity index is 1.25. The van der Waals surface area contributed by atoms with Crippen molar-refractivity contribution in [2.24, 2.45) is 5.92 Å². The number of benzene rings is 2. The highest BCUT2D eigenvalue weighted by Gasteiger charge is 2.41. The first kappa shape index (κ1) is 22.9. The van der Waals surface area contributed by atoms with Gasteiger partial charge in [-0.2, -0.15) is 13.2 Å². The highest BCUT2D eigenvalue weighted by molar-refractivity contribution is 5.90. The van der Waals surface area contributed by atoms with Gasteiger partial charge in [-0.05, 0) is 61.2 Å². The molecule has 2 amide bonds. The third-order valence-corrected chi connectivity index (χ3v) is 6.21. The van der Waals surface area contributed by atoms with Crippen molar-refractivity contribution in [3.05, 3.63) is 54.1 Å². The van der Waals surface area contributed by atoms with Gasteiger partial charge in [-0.25, -0.2) is 0 Å². The summed E-state index contributed by atoms with van der Waals surface area (Å²) in [4.78, 5) is 25.3. The van der Waals surface area contributed by atoms with E-state index in [9.17, 15) is 22.8 Å². The third kappa shape index (κ3) is 5.97. The van der Waals surface area contributed by atoms with E-state index in [1.54, 1.807) is 0 Å². The lowest BCUT2D eigenvalue weighted by atomic mass is 9.96. The zero-order valence-electron chi connectivity index (χ0n) is 18.1. The molecule has 0 aromatic heterocycles. The van der Waals surface area contributed by atoms with Crippen molar-refractivity contribution in [1.82, 2.24) is 10.6 Å². The molecular formula is C24H27F3N4O2. The number of hydrogen-bond donors (Lipinski definition) is 3. The number of carbonyl (C=O) groups excluding carboxylic acids is 2. The number of halogens is 3. The molecule has 3 N–H and O–H groups in total. The smallest absolute Gasteiger partial charge is 0.372 e. The van der Waals surface area contributed by atoms with Crippen LogP contribution in [0.3, 0.4) is 0 Å². The van der Waals surface area contributed by atoms with E-state index in [1.807, 2.05) is 53.4 Å². The topological polar surface area (TPSA) is 73.5 Å². The van der Waals surface area contributed by atoms with Gasteiger partial charge < -0.3 is 20.9 Å². The lowest BCUT2D eigenvalue weighted by molar-refractivity contribution is -0.179. The van der Waals surface area contributed by atoms with Crippen LogP contribution in [0, 0.1) is 5.92 Å². The summed E-state index contributed by atoms with van der Waals surface area (Å²) in [5, 5.41) is 8.79. The maximum absolute atomic E-state index is 12.9. The number of rotatable bonds is 6. The minimum atomic E-state index is -4.10. The molecule has 2 saturated heterocycles. The predicted molar refractivity (Wildman–Crippen MR) is 120 cm³/mol. The van der Waals surface area contributed by atoms with Crippen LogP contribution >= 0.6 is 0 Å². The van der Waals surface area contributed by atoms with Gasteiger partial charge in [-0.15, -0.1) is 0 Å². The molecule has 6 nitrogen and oxygen atoms in total. The zero-order chi connectivity index (χ0) is 23.4. The maximum atomic E-state index is 12.9. The number of hydrogen-bond acceptors (Lipinski definition) is 4. The quantitative estimate of drug-likeness (QED) is 0.607. The van der Waals surface area contributed by atoms with E-state index in [0.29, 0.717) is 32.5 Å². The molecule has 0 spiro atoms. The highest BCUT2D eigenvalue weighted by Crippen LogP contribution is 2.35. The van der Waals surface area contributed by atoms with Gasteiger partial charge in [0.2, 0.25) is 11.8 Å². The van der Waals surface area contributed by atoms with E-state index in [-0.39, 0.29) is 24.7 Å². The summed E-state index contributed by atoms with van der Waals surface area (Å²) in [6, 6.07) is 14.9. The van der Waals surface area contributed by atoms with Crippen molar-refractivity contribution >= 4 is 28.9 Å². The van der Waals surface area contributed by atoms with Gasteiger partial charge in [0.05, 0.1) is 5.92 Å². The molecule has 0 saturated carbocycles. The van der Waals surface area contributed by atoms with E-state index in [1.165, 1.54) is 0 Å². The summed E-state index contributed by atoms with van der Waals surface area (Å²) in [5.41, 5.74) is 3.62. The molecule has 0 aliphatic carbocycles. The molecule has 2 fully saturated rings. The lowest BCUT2D eigenvalue weighted by Crippen LogP contribution is -2.41. The molecule has 4 rings (SSSR count). The van der Waals surface area contributed by atoms with Crippen LogP contribution in [0.25, 0.3) is 0 Å². The van der Waals surface area contributed by atoms with Gasteiger partial charge in [0, 0.05) is 43.1 Å². The first-order valence-electron chi connectivity index (χ1n) is 11.1. The van der Waals surface area contributed by atoms with Crippen LogP contribution in [-0.4, -0.2) is 37.1 Å². The van der Waals surface area contributed by atoms with Crippen LogP contribution in [0.4, 0.5) is 30.2 Å². The first-order valence-corrected chi connectivity index (χ1v) is 11.1. The van der Waals surface area contributed by atoms with Crippen LogP contribution < -0.4 is 20.9 Å². The molecule has 2 heterocycles. The summed E-state index contributed by atoms with van der Waals surface area (Å²) in [5.74, 6) is -1.47. The Hall–Kier alpha value is -3.23. The fourth-order valence-electron chi connectivity index (χ4n) is 4.22. The summed E-state index contributed by atoms with van der Waals surface area (Å²) in [6.45, 7) is 1.19. The maximum Gasteiger partial charge on any atom is 0.391 e. The van der Waals surface area contributed by atoms with Crippen molar-refractivity contribution in [3.63, 3.8) is 0 Å². The number of alkyl halides is 3. The number of anilines is 3. The normalized spacial score (nSPS) is 19.3. The SMILES string of the molecule is O=C1CC[C@H](C(=O)NCc2ccc(Nc3ccc(N4CCC(C(F)(F)F)CC4)cc3)cc2)N1. The fraction of sp³-hybridized carbons (Fsp3) is 0.417. The van der Waals surface area contributed by atoms with Crippen molar-refractivity contribution in [2.45, 2.75) is 44.4 Å². The lowest BCUT2D eigenvalue weighted by Gasteiger charge is -2.34. The summed E-state index contributed by atoms with van der Waals surface area (Å²) in [7, 11) is 0. The van der Waals surface area contributed by atoms with E-state index >= 15 is 0 Å². The second-order valence-electron chi connectivity index (χ2n) is 8.55. The molecule has 2 aliphatic heterocycles. The number of nitrogens with zero attached hydrogens (tertiary/aromatic N) is 1. The minimum Gasteiger partial charge on any atom is -0.372 e. The molecule has 1 atom stereocenters. The van der Waals surface area contributed by atoms with Crippen LogP contribution in [-0.2, 0) is 16.1 Å². The third-order valence-electron chi connectivity index (χ3n) is 6.21. The molecule has 176 valence electrons. The summed E-state index contributed by atoms with van der Waals surface area (Å²) in [6.07, 6.45) is -2.93. The van der Waals surface area contributed by atoms with Gasteiger partial charge in [0.1, 0.15) is 6.04 Å². The second-order valence-corrected chi connectivity index (χ2v) is 8.55. The van der Waals surface area contributed by atoms with E-state index in [4.69, 9.17) is 0 Å². The molecule has 33 heavy (non-hydrogen) atoms. The number of nitrogens with one attached hydrogen (secondary N) is 3. The van der Waals surface area contributed by atoms with Gasteiger partial charge in [0.15, 0.2) is 0 Å². The number of piperidine rings is 1. The fourth-order valence-corrected chi connectivity index (χ4v) is 4.22. The van der Waals surface area contributed by atoms with E-state index < -0.39 is 18.1 Å². The molecule has 2 aromatic carbocycles. The molecule has 9 heteroatoms. The average Bonchev–Trinajstić information content (AvgIpc) is 3.25. The average molecular weight is 461 g/mol. The van der Waals surface area contributed by atoms with Crippen molar-refractivity contribution in [1.29, 1.82) is 0 Å². The molecule has 2 aromatic rings. The number of carbonyl (C=O) groups is 2. The Labute approximate surface area is 190 Å². The molecule has 0 unspecified atom stereocenters. The van der Waals surface area contributed by atoms with Crippen LogP contribution in [0.2, 0.25) is 0 Å². The second kappa shape index (κ2) is 9.72. The first-order chi connectivity index (χ1) is 15.8. The predicted octanol–water partition coefficient (Wildman–Crippen LogP) is 4.10. The Kier molecular flexibility index (Phi) is 6.76. The van der Waals surface area contributed by atoms with Crippen LogP contribution in [0.15, 0.2) is 48.5 Å². The molecule has 2 aliphatic rings. The van der Waals surface area contributed by atoms with Gasteiger partial charge in [-0.3, -0.25) is 9.59 Å². The highest BCUT2D eigenvalue weighted by atomic mass is 19.4. The van der Waals surface area contributed by atoms with Crippen LogP contribution in [0.5, 0.6) is 0 Å². The van der Waals surface area contributed by atoms with Gasteiger partial charge in [0.25, 0.3) is 0 Å². The molecular weight excluding hydrogens is 433 g/mol. The van der Waals surface area contributed by atoms with E-state index in [0.717, 1.165) is 22.6 Å². The van der Waals surface area contributed by atoms with Crippen molar-refractivity contribution in [3.8, 4) is 0 Å². The van der Waals surface area contributed by atoms with Gasteiger partial charge >= 0.3 is 6.18 Å². The van der Waals surface area contributed by atoms with Crippen molar-refractivity contribution < 1.29 is 22.8 Å². The zero-order valence-corrected chi connectivity index (χ0v) is 18.1. The summed E-state index contributed by atoms with van der Waals surface area (Å²) >= 11 is 0. The largest absolute Gasteiger partial charge is 0.391 e. The Morgan fingerprint density at radius 2 is 1.58 bits per heavy atom. The molecule has 0 radical (unpaired) electrons. The van der Waals surface area contributed by atoms with Crippen molar-refractivity contribution in [2.75, 3.05) is 23.3 Å². The number of amides is 2. The Morgan fingerprint density at radius 3 is 2.12 bits per heavy atom. The van der Waals surface area contributed by atoms with Crippen LogP contribution in [0.1, 0.15) is 31.2 Å². The minimum absolute atomic E-state index is 0.0929. The Morgan fingerprint density at radius 1 is 0.970 bits per heavy atom. The standard InChI is InChI=1S/C24H27F3N4O2/c25-24(26,27)17-11-13-31(14-12-17)20-7-5-19(6-8-20)29-18-3-1-16(2-4-18)15-28-23(33)21-9-10-22(32)30-21/h1-8,17,21,29H,9-15H2,(H,28,33)(H,30,32)/t21-/m1/s1.